The van der Waals surface area contributed by atoms with Crippen LogP contribution in [0, 0.1) is 0 Å². The van der Waals surface area contributed by atoms with Crippen LogP contribution < -0.4 is 18.9 Å². The summed E-state index contributed by atoms with van der Waals surface area (Å²) >= 11 is 0. The summed E-state index contributed by atoms with van der Waals surface area (Å²) in [6.07, 6.45) is 1.42. The largest absolute Gasteiger partial charge is 0.454 e. The Morgan fingerprint density at radius 1 is 0.852 bits per heavy atom. The summed E-state index contributed by atoms with van der Waals surface area (Å²) in [5.74, 6) is 2.72. The van der Waals surface area contributed by atoms with E-state index >= 15 is 0 Å². The highest BCUT2D eigenvalue weighted by atomic mass is 16.7. The van der Waals surface area contributed by atoms with Crippen molar-refractivity contribution in [3.05, 3.63) is 46.5 Å². The van der Waals surface area contributed by atoms with Crippen molar-refractivity contribution in [3.8, 4) is 23.0 Å². The number of fused-ring (bicyclic) bond motifs is 8. The Labute approximate surface area is 155 Å². The Balaban J connectivity index is 1.51. The molecule has 0 fully saturated rings. The van der Waals surface area contributed by atoms with Crippen molar-refractivity contribution < 1.29 is 28.6 Å². The number of hydrogen-bond donors (Lipinski definition) is 0. The minimum absolute atomic E-state index is 0.0787. The van der Waals surface area contributed by atoms with Crippen LogP contribution in [0.2, 0.25) is 0 Å². The van der Waals surface area contributed by atoms with E-state index in [1.165, 1.54) is 18.1 Å². The molecular formula is C20H17NO6. The lowest BCUT2D eigenvalue weighted by molar-refractivity contribution is -0.222. The molecule has 7 heteroatoms. The van der Waals surface area contributed by atoms with Gasteiger partial charge in [0.1, 0.15) is 0 Å². The zero-order chi connectivity index (χ0) is 18.1. The van der Waals surface area contributed by atoms with E-state index in [0.29, 0.717) is 12.8 Å². The molecule has 0 spiro atoms. The second-order valence-corrected chi connectivity index (χ2v) is 7.19. The van der Waals surface area contributed by atoms with Gasteiger partial charge in [0.25, 0.3) is 0 Å². The topological polar surface area (TPSA) is 66.5 Å². The van der Waals surface area contributed by atoms with E-state index in [9.17, 15) is 4.79 Å². The smallest absolute Gasteiger partial charge is 0.322 e. The summed E-state index contributed by atoms with van der Waals surface area (Å²) in [7, 11) is 0. The summed E-state index contributed by atoms with van der Waals surface area (Å²) in [6, 6.07) is 8.00. The third kappa shape index (κ3) is 2.15. The Hall–Kier alpha value is -2.93. The fraction of sp³-hybridized carbons (Fsp3) is 0.350. The van der Waals surface area contributed by atoms with E-state index in [-0.39, 0.29) is 31.6 Å². The molecule has 0 N–H and O–H groups in total. The normalized spacial score (nSPS) is 23.6. The van der Waals surface area contributed by atoms with Gasteiger partial charge in [-0.1, -0.05) is 0 Å². The average Bonchev–Trinajstić information content (AvgIpc) is 3.27. The molecule has 4 aliphatic rings. The summed E-state index contributed by atoms with van der Waals surface area (Å²) in [5.41, 5.74) is 4.61. The van der Waals surface area contributed by atoms with Crippen LogP contribution in [-0.4, -0.2) is 24.6 Å². The third-order valence-corrected chi connectivity index (χ3v) is 5.66. The molecule has 4 aliphatic heterocycles. The molecule has 4 heterocycles. The Kier molecular flexibility index (Phi) is 2.97. The van der Waals surface area contributed by atoms with Gasteiger partial charge in [-0.05, 0) is 59.4 Å². The molecule has 6 rings (SSSR count). The molecule has 0 saturated carbocycles. The number of benzene rings is 2. The molecule has 0 aliphatic carbocycles. The maximum atomic E-state index is 11.8. The molecule has 2 aromatic rings. The van der Waals surface area contributed by atoms with Gasteiger partial charge in [-0.15, -0.1) is 5.06 Å². The summed E-state index contributed by atoms with van der Waals surface area (Å²) < 4.78 is 22.2. The van der Waals surface area contributed by atoms with Crippen LogP contribution in [-0.2, 0) is 22.5 Å². The minimum atomic E-state index is -0.321. The Morgan fingerprint density at radius 3 is 1.74 bits per heavy atom. The maximum absolute atomic E-state index is 11.8. The van der Waals surface area contributed by atoms with Crippen molar-refractivity contribution in [2.75, 3.05) is 13.6 Å². The Bertz CT molecular complexity index is 915. The first-order valence-electron chi connectivity index (χ1n) is 8.99. The van der Waals surface area contributed by atoms with Gasteiger partial charge in [-0.25, -0.2) is 0 Å². The van der Waals surface area contributed by atoms with Crippen LogP contribution in [0.15, 0.2) is 24.3 Å². The number of nitrogens with zero attached hydrogens (tertiary/aromatic N) is 1. The van der Waals surface area contributed by atoms with Gasteiger partial charge in [0, 0.05) is 6.92 Å². The number of hydrogen-bond acceptors (Lipinski definition) is 7. The molecule has 2 atom stereocenters. The van der Waals surface area contributed by atoms with Gasteiger partial charge >= 0.3 is 5.97 Å². The molecular weight excluding hydrogens is 350 g/mol. The summed E-state index contributed by atoms with van der Waals surface area (Å²) in [6.45, 7) is 1.91. The quantitative estimate of drug-likeness (QED) is 0.768. The maximum Gasteiger partial charge on any atom is 0.322 e. The van der Waals surface area contributed by atoms with Crippen LogP contribution in [0.5, 0.6) is 23.0 Å². The summed E-state index contributed by atoms with van der Waals surface area (Å²) in [4.78, 5) is 17.4. The molecule has 138 valence electrons. The van der Waals surface area contributed by atoms with E-state index in [4.69, 9.17) is 23.8 Å². The number of carbonyl (C=O) groups excluding carboxylic acids is 1. The van der Waals surface area contributed by atoms with Crippen LogP contribution in [0.25, 0.3) is 0 Å². The van der Waals surface area contributed by atoms with Gasteiger partial charge in [0.05, 0.1) is 12.1 Å². The van der Waals surface area contributed by atoms with Crippen LogP contribution in [0.3, 0.4) is 0 Å². The molecule has 2 bridgehead atoms. The number of ether oxygens (including phenoxy) is 4. The average molecular weight is 367 g/mol. The van der Waals surface area contributed by atoms with E-state index in [0.717, 1.165) is 34.1 Å². The molecule has 27 heavy (non-hydrogen) atoms. The molecule has 0 radical (unpaired) electrons. The highest BCUT2D eigenvalue weighted by Crippen LogP contribution is 2.52. The van der Waals surface area contributed by atoms with Gasteiger partial charge in [-0.2, -0.15) is 0 Å². The van der Waals surface area contributed by atoms with Crippen molar-refractivity contribution in [1.82, 2.24) is 5.06 Å². The fourth-order valence-corrected chi connectivity index (χ4v) is 4.56. The first kappa shape index (κ1) is 15.2. The predicted octanol–water partition coefficient (Wildman–Crippen LogP) is 2.82. The van der Waals surface area contributed by atoms with Crippen molar-refractivity contribution >= 4 is 5.97 Å². The van der Waals surface area contributed by atoms with Crippen LogP contribution in [0.4, 0.5) is 0 Å². The first-order chi connectivity index (χ1) is 13.2. The van der Waals surface area contributed by atoms with Gasteiger partial charge in [0.2, 0.25) is 13.6 Å². The SMILES string of the molecule is CC(=O)ON1C2Cc3cc4c(cc3C1Cc1cc3c(cc12)OCO3)OCO4. The second kappa shape index (κ2) is 5.29. The van der Waals surface area contributed by atoms with Crippen molar-refractivity contribution in [2.45, 2.75) is 31.8 Å². The highest BCUT2D eigenvalue weighted by molar-refractivity contribution is 5.66. The molecule has 2 aromatic carbocycles. The zero-order valence-corrected chi connectivity index (χ0v) is 14.7. The lowest BCUT2D eigenvalue weighted by Gasteiger charge is -2.45. The molecule has 0 aromatic heterocycles. The van der Waals surface area contributed by atoms with Crippen LogP contribution in [0.1, 0.15) is 41.3 Å². The van der Waals surface area contributed by atoms with E-state index in [2.05, 4.69) is 12.1 Å². The van der Waals surface area contributed by atoms with E-state index in [1.54, 1.807) is 0 Å². The number of carbonyl (C=O) groups is 1. The van der Waals surface area contributed by atoms with Gasteiger partial charge < -0.3 is 23.8 Å². The van der Waals surface area contributed by atoms with Gasteiger partial charge in [0.15, 0.2) is 23.0 Å². The molecule has 0 saturated heterocycles. The van der Waals surface area contributed by atoms with Gasteiger partial charge in [-0.3, -0.25) is 4.79 Å². The number of rotatable bonds is 1. The molecule has 7 nitrogen and oxygen atoms in total. The molecule has 2 unspecified atom stereocenters. The van der Waals surface area contributed by atoms with Crippen molar-refractivity contribution in [1.29, 1.82) is 0 Å². The highest BCUT2D eigenvalue weighted by Gasteiger charge is 2.44. The summed E-state index contributed by atoms with van der Waals surface area (Å²) in [5, 5.41) is 1.83. The lowest BCUT2D eigenvalue weighted by Crippen LogP contribution is -2.43. The van der Waals surface area contributed by atoms with E-state index < -0.39 is 0 Å². The third-order valence-electron chi connectivity index (χ3n) is 5.66. The first-order valence-corrected chi connectivity index (χ1v) is 8.99. The molecule has 0 amide bonds. The lowest BCUT2D eigenvalue weighted by atomic mass is 9.77. The number of hydroxylamine groups is 2. The monoisotopic (exact) mass is 367 g/mol. The van der Waals surface area contributed by atoms with Crippen LogP contribution >= 0.6 is 0 Å². The predicted molar refractivity (Wildman–Crippen MR) is 91.6 cm³/mol. The fourth-order valence-electron chi connectivity index (χ4n) is 4.56. The van der Waals surface area contributed by atoms with E-state index in [1.807, 2.05) is 17.2 Å². The Morgan fingerprint density at radius 2 is 1.30 bits per heavy atom. The van der Waals surface area contributed by atoms with Crippen molar-refractivity contribution in [2.24, 2.45) is 0 Å². The minimum Gasteiger partial charge on any atom is -0.454 e. The van der Waals surface area contributed by atoms with Crippen molar-refractivity contribution in [3.63, 3.8) is 0 Å². The standard InChI is InChI=1S/C20H17NO6/c1-10(22)27-21-15-2-11-4-17-19(25-8-23-17)6-13(11)16(21)3-12-5-18-20(7-14(12)15)26-9-24-18/h4-7,15-16H,2-3,8-9H2,1H3. The second-order valence-electron chi connectivity index (χ2n) is 7.19. The zero-order valence-electron chi connectivity index (χ0n) is 14.7.